The van der Waals surface area contributed by atoms with Crippen LogP contribution in [0.5, 0.6) is 0 Å². The fourth-order valence-electron chi connectivity index (χ4n) is 2.23. The van der Waals surface area contributed by atoms with E-state index >= 15 is 0 Å². The third-order valence-corrected chi connectivity index (χ3v) is 5.12. The summed E-state index contributed by atoms with van der Waals surface area (Å²) < 4.78 is 27.3. The topological polar surface area (TPSA) is 75.3 Å². The molecule has 6 heteroatoms. The van der Waals surface area contributed by atoms with Gasteiger partial charge in [-0.15, -0.1) is 0 Å². The Balaban J connectivity index is 2.12. The Morgan fingerprint density at radius 1 is 1.13 bits per heavy atom. The maximum Gasteiger partial charge on any atom is 0.241 e. The molecule has 2 aromatic carbocycles. The van der Waals surface area contributed by atoms with Crippen molar-refractivity contribution in [1.29, 1.82) is 0 Å². The minimum atomic E-state index is -3.74. The van der Waals surface area contributed by atoms with Crippen molar-refractivity contribution >= 4 is 26.7 Å². The van der Waals surface area contributed by atoms with Crippen LogP contribution < -0.4 is 10.0 Å². The van der Waals surface area contributed by atoms with Crippen molar-refractivity contribution in [3.8, 4) is 0 Å². The van der Waals surface area contributed by atoms with Gasteiger partial charge in [-0.05, 0) is 36.2 Å². The van der Waals surface area contributed by atoms with Gasteiger partial charge in [-0.2, -0.15) is 4.72 Å². The highest BCUT2D eigenvalue weighted by molar-refractivity contribution is 7.89. The normalized spacial score (nSPS) is 13.0. The second-order valence-corrected chi connectivity index (χ2v) is 7.21. The predicted molar refractivity (Wildman–Crippen MR) is 91.6 cm³/mol. The van der Waals surface area contributed by atoms with Gasteiger partial charge in [0.25, 0.3) is 0 Å². The van der Waals surface area contributed by atoms with Gasteiger partial charge in [0.1, 0.15) is 0 Å². The molecule has 2 aromatic rings. The third kappa shape index (κ3) is 4.53. The summed E-state index contributed by atoms with van der Waals surface area (Å²) in [6.07, 6.45) is 1.84. The van der Waals surface area contributed by atoms with Gasteiger partial charge in [0.15, 0.2) is 0 Å². The maximum absolute atomic E-state index is 12.4. The van der Waals surface area contributed by atoms with Crippen LogP contribution in [0, 0.1) is 0 Å². The van der Waals surface area contributed by atoms with Gasteiger partial charge >= 0.3 is 0 Å². The Labute approximate surface area is 137 Å². The molecule has 0 bridgehead atoms. The average Bonchev–Trinajstić information content (AvgIpc) is 2.54. The highest BCUT2D eigenvalue weighted by Gasteiger charge is 2.21. The second kappa shape index (κ2) is 7.57. The minimum absolute atomic E-state index is 0.157. The van der Waals surface area contributed by atoms with Gasteiger partial charge in [-0.25, -0.2) is 8.42 Å². The van der Waals surface area contributed by atoms with E-state index in [9.17, 15) is 13.2 Å². The van der Waals surface area contributed by atoms with Crippen LogP contribution in [0.4, 0.5) is 0 Å². The van der Waals surface area contributed by atoms with E-state index in [-0.39, 0.29) is 10.8 Å². The molecule has 0 aliphatic heterocycles. The maximum atomic E-state index is 12.4. The molecule has 1 atom stereocenters. The van der Waals surface area contributed by atoms with Crippen LogP contribution >= 0.6 is 0 Å². The zero-order valence-corrected chi connectivity index (χ0v) is 14.2. The van der Waals surface area contributed by atoms with E-state index in [2.05, 4.69) is 10.0 Å². The molecule has 5 nitrogen and oxygen atoms in total. The molecule has 0 unspecified atom stereocenters. The molecule has 0 saturated carbocycles. The molecule has 0 radical (unpaired) electrons. The van der Waals surface area contributed by atoms with Gasteiger partial charge in [0.2, 0.25) is 15.9 Å². The van der Waals surface area contributed by atoms with Gasteiger partial charge in [-0.3, -0.25) is 4.79 Å². The van der Waals surface area contributed by atoms with Crippen molar-refractivity contribution in [3.63, 3.8) is 0 Å². The Hall–Kier alpha value is -1.92. The summed E-state index contributed by atoms with van der Waals surface area (Å²) in [4.78, 5) is 12.1. The molecule has 1 amide bonds. The molecule has 0 aliphatic rings. The summed E-state index contributed by atoms with van der Waals surface area (Å²) in [6, 6.07) is 11.6. The number of carbonyl (C=O) groups excluding carboxylic acids is 1. The molecule has 0 spiro atoms. The number of nitrogens with one attached hydrogen (secondary N) is 2. The first kappa shape index (κ1) is 17.4. The van der Waals surface area contributed by atoms with E-state index < -0.39 is 16.1 Å². The molecule has 0 saturated heterocycles. The second-order valence-electron chi connectivity index (χ2n) is 5.50. The zero-order valence-electron chi connectivity index (χ0n) is 13.4. The van der Waals surface area contributed by atoms with Crippen molar-refractivity contribution in [2.75, 3.05) is 6.54 Å². The number of hydrogen-bond donors (Lipinski definition) is 2. The summed E-state index contributed by atoms with van der Waals surface area (Å²) in [5.74, 6) is -0.317. The van der Waals surface area contributed by atoms with Crippen molar-refractivity contribution in [3.05, 3.63) is 42.5 Å². The highest BCUT2D eigenvalue weighted by atomic mass is 32.2. The number of rotatable bonds is 7. The number of amides is 1. The molecule has 0 aromatic heterocycles. The first-order valence-corrected chi connectivity index (χ1v) is 9.21. The lowest BCUT2D eigenvalue weighted by Crippen LogP contribution is -2.44. The Bertz CT molecular complexity index is 787. The lowest BCUT2D eigenvalue weighted by Gasteiger charge is -2.14. The quantitative estimate of drug-likeness (QED) is 0.764. The molecule has 124 valence electrons. The number of sulfonamides is 1. The average molecular weight is 334 g/mol. The van der Waals surface area contributed by atoms with Crippen LogP contribution in [0.2, 0.25) is 0 Å². The highest BCUT2D eigenvalue weighted by Crippen LogP contribution is 2.19. The van der Waals surface area contributed by atoms with Crippen LogP contribution in [0.15, 0.2) is 47.4 Å². The third-order valence-electron chi connectivity index (χ3n) is 3.59. The van der Waals surface area contributed by atoms with Gasteiger partial charge in [-0.1, -0.05) is 43.7 Å². The van der Waals surface area contributed by atoms with E-state index in [1.54, 1.807) is 25.1 Å². The van der Waals surface area contributed by atoms with Crippen LogP contribution in [0.25, 0.3) is 10.8 Å². The number of unbranched alkanes of at least 4 members (excludes halogenated alkanes) is 1. The van der Waals surface area contributed by atoms with Gasteiger partial charge in [0.05, 0.1) is 10.9 Å². The molecule has 2 rings (SSSR count). The van der Waals surface area contributed by atoms with E-state index in [4.69, 9.17) is 0 Å². The molecule has 0 fully saturated rings. The predicted octanol–water partition coefficient (Wildman–Crippen LogP) is 2.42. The molecule has 0 aliphatic carbocycles. The first-order chi connectivity index (χ1) is 10.9. The number of hydrogen-bond acceptors (Lipinski definition) is 3. The molecular weight excluding hydrogens is 312 g/mol. The largest absolute Gasteiger partial charge is 0.355 e. The fourth-order valence-corrected chi connectivity index (χ4v) is 3.47. The SMILES string of the molecule is CCCCNC(=O)[C@H](C)NS(=O)(=O)c1ccc2ccccc2c1. The molecule has 0 heterocycles. The van der Waals surface area contributed by atoms with Crippen molar-refractivity contribution < 1.29 is 13.2 Å². The number of benzene rings is 2. The van der Waals surface area contributed by atoms with Crippen LogP contribution in [-0.4, -0.2) is 26.9 Å². The van der Waals surface area contributed by atoms with Crippen LogP contribution in [0.3, 0.4) is 0 Å². The monoisotopic (exact) mass is 334 g/mol. The van der Waals surface area contributed by atoms with E-state index in [1.165, 1.54) is 0 Å². The van der Waals surface area contributed by atoms with Crippen molar-refractivity contribution in [1.82, 2.24) is 10.0 Å². The van der Waals surface area contributed by atoms with E-state index in [1.807, 2.05) is 31.2 Å². The first-order valence-electron chi connectivity index (χ1n) is 7.73. The van der Waals surface area contributed by atoms with E-state index in [0.29, 0.717) is 6.54 Å². The van der Waals surface area contributed by atoms with Gasteiger partial charge in [0, 0.05) is 6.54 Å². The van der Waals surface area contributed by atoms with E-state index in [0.717, 1.165) is 23.6 Å². The van der Waals surface area contributed by atoms with Crippen molar-refractivity contribution in [2.24, 2.45) is 0 Å². The Morgan fingerprint density at radius 2 is 1.83 bits per heavy atom. The Morgan fingerprint density at radius 3 is 2.52 bits per heavy atom. The number of fused-ring (bicyclic) bond motifs is 1. The summed E-state index contributed by atoms with van der Waals surface area (Å²) >= 11 is 0. The fraction of sp³-hybridized carbons (Fsp3) is 0.353. The summed E-state index contributed by atoms with van der Waals surface area (Å²) in [7, 11) is -3.74. The standard InChI is InChI=1S/C17H22N2O3S/c1-3-4-11-18-17(20)13(2)19-23(21,22)16-10-9-14-7-5-6-8-15(14)12-16/h5-10,12-13,19H,3-4,11H2,1-2H3,(H,18,20)/t13-/m0/s1. The zero-order chi connectivity index (χ0) is 16.9. The molecule has 23 heavy (non-hydrogen) atoms. The minimum Gasteiger partial charge on any atom is -0.355 e. The molecular formula is C17H22N2O3S. The Kier molecular flexibility index (Phi) is 5.74. The van der Waals surface area contributed by atoms with Crippen LogP contribution in [-0.2, 0) is 14.8 Å². The van der Waals surface area contributed by atoms with Gasteiger partial charge < -0.3 is 5.32 Å². The molecule has 2 N–H and O–H groups in total. The lowest BCUT2D eigenvalue weighted by atomic mass is 10.1. The smallest absolute Gasteiger partial charge is 0.241 e. The lowest BCUT2D eigenvalue weighted by molar-refractivity contribution is -0.122. The summed E-state index contributed by atoms with van der Waals surface area (Å²) in [5, 5.41) is 4.53. The summed E-state index contributed by atoms with van der Waals surface area (Å²) in [5.41, 5.74) is 0. The van der Waals surface area contributed by atoms with Crippen LogP contribution in [0.1, 0.15) is 26.7 Å². The number of carbonyl (C=O) groups is 1. The summed E-state index contributed by atoms with van der Waals surface area (Å²) in [6.45, 7) is 4.12. The van der Waals surface area contributed by atoms with Crippen molar-refractivity contribution in [2.45, 2.75) is 37.6 Å².